The predicted octanol–water partition coefficient (Wildman–Crippen LogP) is 2.38. The number of urea groups is 1. The van der Waals surface area contributed by atoms with Gasteiger partial charge in [0.25, 0.3) is 0 Å². The molecule has 0 saturated carbocycles. The van der Waals surface area contributed by atoms with Crippen molar-refractivity contribution in [3.8, 4) is 0 Å². The van der Waals surface area contributed by atoms with E-state index in [1.54, 1.807) is 18.1 Å². The third-order valence-electron chi connectivity index (χ3n) is 3.32. The highest BCUT2D eigenvalue weighted by molar-refractivity contribution is 7.22. The molecule has 8 nitrogen and oxygen atoms in total. The zero-order valence-corrected chi connectivity index (χ0v) is 14.3. The first-order valence-electron chi connectivity index (χ1n) is 7.51. The van der Waals surface area contributed by atoms with Gasteiger partial charge in [-0.1, -0.05) is 23.5 Å². The quantitative estimate of drug-likeness (QED) is 0.715. The highest BCUT2D eigenvalue weighted by Gasteiger charge is 2.11. The molecule has 1 aromatic carbocycles. The molecule has 0 radical (unpaired) electrons. The molecule has 126 valence electrons. The fraction of sp³-hybridized carbons (Fsp3) is 0.333. The number of fused-ring (bicyclic) bond motifs is 1. The van der Waals surface area contributed by atoms with E-state index in [0.29, 0.717) is 30.5 Å². The number of carbonyl (C=O) groups is 1. The third-order valence-corrected chi connectivity index (χ3v) is 4.26. The van der Waals surface area contributed by atoms with Gasteiger partial charge < -0.3 is 10.1 Å². The molecule has 0 aliphatic rings. The summed E-state index contributed by atoms with van der Waals surface area (Å²) in [7, 11) is 1.65. The molecule has 3 rings (SSSR count). The van der Waals surface area contributed by atoms with Gasteiger partial charge in [-0.15, -0.1) is 0 Å². The van der Waals surface area contributed by atoms with Gasteiger partial charge in [-0.3, -0.25) is 5.32 Å². The van der Waals surface area contributed by atoms with Gasteiger partial charge in [0.1, 0.15) is 5.69 Å². The lowest BCUT2D eigenvalue weighted by Crippen LogP contribution is -2.28. The Morgan fingerprint density at radius 2 is 2.29 bits per heavy atom. The Labute approximate surface area is 142 Å². The minimum Gasteiger partial charge on any atom is -0.380 e. The lowest BCUT2D eigenvalue weighted by Gasteiger charge is -2.02. The number of amides is 2. The average Bonchev–Trinajstić information content (AvgIpc) is 3.19. The molecule has 2 aromatic heterocycles. The van der Waals surface area contributed by atoms with Crippen molar-refractivity contribution in [2.45, 2.75) is 26.6 Å². The van der Waals surface area contributed by atoms with Gasteiger partial charge in [0.2, 0.25) is 0 Å². The van der Waals surface area contributed by atoms with Crippen LogP contribution in [0.4, 0.5) is 9.93 Å². The van der Waals surface area contributed by atoms with Crippen LogP contribution in [0.3, 0.4) is 0 Å². The van der Waals surface area contributed by atoms with E-state index in [0.717, 1.165) is 15.8 Å². The van der Waals surface area contributed by atoms with Gasteiger partial charge in [-0.25, -0.2) is 9.78 Å². The smallest absolute Gasteiger partial charge is 0.321 e. The van der Waals surface area contributed by atoms with Crippen LogP contribution in [-0.2, 0) is 24.4 Å². The first-order valence-corrected chi connectivity index (χ1v) is 8.32. The largest absolute Gasteiger partial charge is 0.380 e. The van der Waals surface area contributed by atoms with Gasteiger partial charge >= 0.3 is 6.03 Å². The van der Waals surface area contributed by atoms with Crippen LogP contribution in [0.25, 0.3) is 10.2 Å². The Morgan fingerprint density at radius 1 is 1.42 bits per heavy atom. The van der Waals surface area contributed by atoms with Crippen LogP contribution in [0.1, 0.15) is 18.2 Å². The molecule has 3 aromatic rings. The van der Waals surface area contributed by atoms with Crippen LogP contribution in [0.5, 0.6) is 0 Å². The van der Waals surface area contributed by atoms with Crippen molar-refractivity contribution in [3.05, 3.63) is 35.7 Å². The van der Waals surface area contributed by atoms with Crippen molar-refractivity contribution in [2.24, 2.45) is 0 Å². The van der Waals surface area contributed by atoms with Crippen LogP contribution >= 0.6 is 11.3 Å². The van der Waals surface area contributed by atoms with Crippen molar-refractivity contribution in [1.29, 1.82) is 0 Å². The summed E-state index contributed by atoms with van der Waals surface area (Å²) in [6, 6.07) is 5.56. The molecule has 2 heterocycles. The number of aryl methyl sites for hydroxylation is 1. The summed E-state index contributed by atoms with van der Waals surface area (Å²) in [4.78, 5) is 18.1. The van der Waals surface area contributed by atoms with E-state index in [1.807, 2.05) is 25.1 Å². The summed E-state index contributed by atoms with van der Waals surface area (Å²) in [5, 5.41) is 14.3. The zero-order valence-electron chi connectivity index (χ0n) is 13.4. The second-order valence-electron chi connectivity index (χ2n) is 5.05. The van der Waals surface area contributed by atoms with Crippen LogP contribution < -0.4 is 10.6 Å². The molecule has 0 fully saturated rings. The Hall–Kier alpha value is -2.52. The number of benzene rings is 1. The first kappa shape index (κ1) is 16.3. The number of ether oxygens (including phenoxy) is 1. The minimum atomic E-state index is -0.326. The standard InChI is InChI=1S/C15H18N6O2S/c1-3-21-17-8-11(20-21)7-16-14(22)19-15-18-13-10(9-23-2)5-4-6-12(13)24-15/h4-6,8H,3,7,9H2,1-2H3,(H2,16,18,19,22). The fourth-order valence-corrected chi connectivity index (χ4v) is 3.12. The van der Waals surface area contributed by atoms with E-state index >= 15 is 0 Å². The summed E-state index contributed by atoms with van der Waals surface area (Å²) in [6.07, 6.45) is 1.64. The molecular formula is C15H18N6O2S. The van der Waals surface area contributed by atoms with Gasteiger partial charge in [0.05, 0.1) is 36.1 Å². The van der Waals surface area contributed by atoms with Crippen molar-refractivity contribution in [3.63, 3.8) is 0 Å². The molecule has 0 aliphatic carbocycles. The number of hydrogen-bond acceptors (Lipinski definition) is 6. The minimum absolute atomic E-state index is 0.311. The van der Waals surface area contributed by atoms with E-state index in [-0.39, 0.29) is 6.03 Å². The molecule has 0 saturated heterocycles. The lowest BCUT2D eigenvalue weighted by atomic mass is 10.2. The van der Waals surface area contributed by atoms with Crippen molar-refractivity contribution in [2.75, 3.05) is 12.4 Å². The van der Waals surface area contributed by atoms with Crippen LogP contribution in [0, 0.1) is 0 Å². The van der Waals surface area contributed by atoms with E-state index in [2.05, 4.69) is 25.8 Å². The normalized spacial score (nSPS) is 10.9. The molecule has 0 unspecified atom stereocenters. The number of rotatable bonds is 6. The number of nitrogens with one attached hydrogen (secondary N) is 2. The van der Waals surface area contributed by atoms with Crippen LogP contribution in [0.2, 0.25) is 0 Å². The average molecular weight is 346 g/mol. The third kappa shape index (κ3) is 3.69. The SMILES string of the molecule is CCn1ncc(CNC(=O)Nc2nc3c(COC)cccc3s2)n1. The van der Waals surface area contributed by atoms with Crippen molar-refractivity contribution < 1.29 is 9.53 Å². The van der Waals surface area contributed by atoms with Crippen molar-refractivity contribution >= 4 is 32.7 Å². The van der Waals surface area contributed by atoms with E-state index < -0.39 is 0 Å². The summed E-state index contributed by atoms with van der Waals surface area (Å²) < 4.78 is 6.18. The second-order valence-corrected chi connectivity index (χ2v) is 6.08. The number of nitrogens with zero attached hydrogens (tertiary/aromatic N) is 4. The highest BCUT2D eigenvalue weighted by Crippen LogP contribution is 2.28. The molecule has 24 heavy (non-hydrogen) atoms. The molecule has 0 bridgehead atoms. The predicted molar refractivity (Wildman–Crippen MR) is 91.9 cm³/mol. The molecule has 9 heteroatoms. The zero-order chi connectivity index (χ0) is 16.9. The maximum atomic E-state index is 12.0. The lowest BCUT2D eigenvalue weighted by molar-refractivity contribution is 0.186. The number of anilines is 1. The number of methoxy groups -OCH3 is 1. The Morgan fingerprint density at radius 3 is 3.04 bits per heavy atom. The molecule has 2 amide bonds. The maximum absolute atomic E-state index is 12.0. The maximum Gasteiger partial charge on any atom is 0.321 e. The topological polar surface area (TPSA) is 94.0 Å². The van der Waals surface area contributed by atoms with E-state index in [4.69, 9.17) is 4.74 Å². The van der Waals surface area contributed by atoms with Gasteiger partial charge in [-0.05, 0) is 13.0 Å². The Balaban J connectivity index is 1.63. The summed E-state index contributed by atoms with van der Waals surface area (Å²) >= 11 is 1.42. The van der Waals surface area contributed by atoms with Crippen LogP contribution in [-0.4, -0.2) is 33.1 Å². The molecule has 2 N–H and O–H groups in total. The van der Waals surface area contributed by atoms with Crippen LogP contribution in [0.15, 0.2) is 24.4 Å². The van der Waals surface area contributed by atoms with E-state index in [1.165, 1.54) is 11.3 Å². The Bertz CT molecular complexity index is 843. The molecule has 0 spiro atoms. The summed E-state index contributed by atoms with van der Waals surface area (Å²) in [5.74, 6) is 0. The number of carbonyl (C=O) groups excluding carboxylic acids is 1. The van der Waals surface area contributed by atoms with Crippen molar-refractivity contribution in [1.82, 2.24) is 25.3 Å². The first-order chi connectivity index (χ1) is 11.7. The second kappa shape index (κ2) is 7.37. The molecule has 0 aliphatic heterocycles. The fourth-order valence-electron chi connectivity index (χ4n) is 2.21. The number of thiazole rings is 1. The number of hydrogen-bond donors (Lipinski definition) is 2. The van der Waals surface area contributed by atoms with Gasteiger partial charge in [0, 0.05) is 12.7 Å². The number of para-hydroxylation sites is 1. The highest BCUT2D eigenvalue weighted by atomic mass is 32.1. The van der Waals surface area contributed by atoms with Gasteiger partial charge in [0.15, 0.2) is 5.13 Å². The molecular weight excluding hydrogens is 328 g/mol. The summed E-state index contributed by atoms with van der Waals surface area (Å²) in [6.45, 7) is 3.45. The van der Waals surface area contributed by atoms with Gasteiger partial charge in [-0.2, -0.15) is 15.0 Å². The monoisotopic (exact) mass is 346 g/mol. The van der Waals surface area contributed by atoms with E-state index in [9.17, 15) is 4.79 Å². The Kier molecular flexibility index (Phi) is 5.02. The summed E-state index contributed by atoms with van der Waals surface area (Å²) in [5.41, 5.74) is 2.56. The number of aromatic nitrogens is 4. The molecule has 0 atom stereocenters.